The minimum absolute atomic E-state index is 0.0288. The molecule has 0 fully saturated rings. The highest BCUT2D eigenvalue weighted by Crippen LogP contribution is 2.35. The van der Waals surface area contributed by atoms with Gasteiger partial charge in [-0.1, -0.05) is 32.8 Å². The third kappa shape index (κ3) is 24.5. The summed E-state index contributed by atoms with van der Waals surface area (Å²) in [5.41, 5.74) is 0. The van der Waals surface area contributed by atoms with E-state index in [2.05, 4.69) is 20.4 Å². The molecule has 13 heavy (non-hydrogen) atoms. The van der Waals surface area contributed by atoms with Crippen molar-refractivity contribution in [2.24, 2.45) is 0 Å². The molecule has 0 radical (unpaired) electrons. The molecule has 0 aliphatic carbocycles. The third-order valence-electron chi connectivity index (χ3n) is 1.36. The van der Waals surface area contributed by atoms with E-state index in [4.69, 9.17) is 9.79 Å². The zero-order valence-corrected chi connectivity index (χ0v) is 9.46. The van der Waals surface area contributed by atoms with Crippen LogP contribution in [0.15, 0.2) is 12.7 Å². The van der Waals surface area contributed by atoms with Gasteiger partial charge in [-0.05, 0) is 12.8 Å². The zero-order chi connectivity index (χ0) is 10.7. The van der Waals surface area contributed by atoms with Crippen LogP contribution >= 0.6 is 7.60 Å². The van der Waals surface area contributed by atoms with Gasteiger partial charge >= 0.3 is 7.60 Å². The predicted molar refractivity (Wildman–Crippen MR) is 56.9 cm³/mol. The molecule has 0 aromatic rings. The summed E-state index contributed by atoms with van der Waals surface area (Å²) in [5, 5.41) is 0. The van der Waals surface area contributed by atoms with Crippen molar-refractivity contribution >= 4 is 7.60 Å². The Kier molecular flexibility index (Phi) is 11.8. The zero-order valence-electron chi connectivity index (χ0n) is 8.57. The lowest BCUT2D eigenvalue weighted by atomic mass is 10.3. The molecule has 0 saturated carbocycles. The average Bonchev–Trinajstić information content (AvgIpc) is 2.03. The number of rotatable bonds is 5. The van der Waals surface area contributed by atoms with Crippen LogP contribution in [0.4, 0.5) is 0 Å². The molecule has 0 amide bonds. The van der Waals surface area contributed by atoms with Gasteiger partial charge in [-0.25, -0.2) is 0 Å². The van der Waals surface area contributed by atoms with Crippen LogP contribution in [-0.2, 0) is 4.57 Å². The van der Waals surface area contributed by atoms with Crippen LogP contribution in [0, 0.1) is 0 Å². The normalized spacial score (nSPS) is 10.2. The predicted octanol–water partition coefficient (Wildman–Crippen LogP) is 2.94. The van der Waals surface area contributed by atoms with Crippen LogP contribution in [0.3, 0.4) is 0 Å². The SMILES string of the molecule is C=CCCCP(=O)(O)O.CCCC. The lowest BCUT2D eigenvalue weighted by molar-refractivity contribution is 0.372. The van der Waals surface area contributed by atoms with Crippen LogP contribution in [0.25, 0.3) is 0 Å². The second-order valence-corrected chi connectivity index (χ2v) is 4.60. The summed E-state index contributed by atoms with van der Waals surface area (Å²) < 4.78 is 10.2. The molecule has 0 atom stereocenters. The monoisotopic (exact) mass is 208 g/mol. The van der Waals surface area contributed by atoms with E-state index in [0.717, 1.165) is 0 Å². The second kappa shape index (κ2) is 9.97. The van der Waals surface area contributed by atoms with Gasteiger partial charge in [-0.3, -0.25) is 4.57 Å². The minimum atomic E-state index is -3.74. The molecule has 4 heteroatoms. The summed E-state index contributed by atoms with van der Waals surface area (Å²) in [6.45, 7) is 7.79. The van der Waals surface area contributed by atoms with Crippen LogP contribution in [0.1, 0.15) is 39.5 Å². The summed E-state index contributed by atoms with van der Waals surface area (Å²) in [5.74, 6) is 0. The quantitative estimate of drug-likeness (QED) is 0.415. The molecule has 0 aromatic heterocycles. The van der Waals surface area contributed by atoms with E-state index >= 15 is 0 Å². The van der Waals surface area contributed by atoms with E-state index in [0.29, 0.717) is 12.8 Å². The maximum atomic E-state index is 10.2. The van der Waals surface area contributed by atoms with Gasteiger partial charge in [0.15, 0.2) is 0 Å². The smallest absolute Gasteiger partial charge is 0.324 e. The van der Waals surface area contributed by atoms with E-state index in [1.165, 1.54) is 12.8 Å². The highest BCUT2D eigenvalue weighted by molar-refractivity contribution is 7.51. The van der Waals surface area contributed by atoms with E-state index < -0.39 is 7.60 Å². The first-order chi connectivity index (χ1) is 5.97. The van der Waals surface area contributed by atoms with Crippen LogP contribution in [0.2, 0.25) is 0 Å². The fourth-order valence-electron chi connectivity index (χ4n) is 0.442. The van der Waals surface area contributed by atoms with Crippen LogP contribution in [0.5, 0.6) is 0 Å². The molecular weight excluding hydrogens is 187 g/mol. The Bertz CT molecular complexity index is 149. The van der Waals surface area contributed by atoms with Gasteiger partial charge in [0.05, 0.1) is 6.16 Å². The van der Waals surface area contributed by atoms with E-state index in [9.17, 15) is 4.57 Å². The van der Waals surface area contributed by atoms with Gasteiger partial charge < -0.3 is 9.79 Å². The average molecular weight is 208 g/mol. The topological polar surface area (TPSA) is 57.5 Å². The van der Waals surface area contributed by atoms with Gasteiger partial charge in [-0.2, -0.15) is 0 Å². The van der Waals surface area contributed by atoms with Gasteiger partial charge in [0.2, 0.25) is 0 Å². The highest BCUT2D eigenvalue weighted by Gasteiger charge is 2.09. The number of hydrogen-bond acceptors (Lipinski definition) is 1. The Morgan fingerprint density at radius 1 is 1.31 bits per heavy atom. The van der Waals surface area contributed by atoms with Crippen LogP contribution in [-0.4, -0.2) is 15.9 Å². The van der Waals surface area contributed by atoms with Crippen molar-refractivity contribution in [1.29, 1.82) is 0 Å². The number of hydrogen-bond donors (Lipinski definition) is 2. The maximum absolute atomic E-state index is 10.2. The summed E-state index contributed by atoms with van der Waals surface area (Å²) in [7, 11) is -3.74. The van der Waals surface area contributed by atoms with Crippen molar-refractivity contribution in [2.45, 2.75) is 39.5 Å². The van der Waals surface area contributed by atoms with Crippen molar-refractivity contribution in [1.82, 2.24) is 0 Å². The molecule has 3 nitrogen and oxygen atoms in total. The highest BCUT2D eigenvalue weighted by atomic mass is 31.2. The Labute approximate surface area is 81.0 Å². The maximum Gasteiger partial charge on any atom is 0.325 e. The van der Waals surface area contributed by atoms with Gasteiger partial charge in [0.25, 0.3) is 0 Å². The van der Waals surface area contributed by atoms with Crippen molar-refractivity contribution in [2.75, 3.05) is 6.16 Å². The molecule has 0 aromatic carbocycles. The Morgan fingerprint density at radius 3 is 2.00 bits per heavy atom. The molecule has 2 N–H and O–H groups in total. The molecule has 80 valence electrons. The Hall–Kier alpha value is -0.110. The molecule has 0 heterocycles. The molecule has 0 bridgehead atoms. The molecule has 0 saturated heterocycles. The van der Waals surface area contributed by atoms with Crippen LogP contribution < -0.4 is 0 Å². The second-order valence-electron chi connectivity index (χ2n) is 2.82. The van der Waals surface area contributed by atoms with Gasteiger partial charge in [0, 0.05) is 0 Å². The first kappa shape index (κ1) is 15.4. The molecule has 0 aliphatic rings. The van der Waals surface area contributed by atoms with Gasteiger partial charge in [-0.15, -0.1) is 6.58 Å². The van der Waals surface area contributed by atoms with Crippen molar-refractivity contribution < 1.29 is 14.4 Å². The molecule has 0 unspecified atom stereocenters. The molecule has 0 rings (SSSR count). The largest absolute Gasteiger partial charge is 0.325 e. The molecular formula is C9H21O3P. The number of unbranched alkanes of at least 4 members (excludes halogenated alkanes) is 2. The summed E-state index contributed by atoms with van der Waals surface area (Å²) >= 11 is 0. The lowest BCUT2D eigenvalue weighted by Crippen LogP contribution is -1.85. The molecule has 0 aliphatic heterocycles. The van der Waals surface area contributed by atoms with Crippen molar-refractivity contribution in [3.63, 3.8) is 0 Å². The van der Waals surface area contributed by atoms with Crippen molar-refractivity contribution in [3.8, 4) is 0 Å². The fourth-order valence-corrected chi connectivity index (χ4v) is 1.04. The summed E-state index contributed by atoms with van der Waals surface area (Å²) in [4.78, 5) is 16.6. The van der Waals surface area contributed by atoms with Crippen molar-refractivity contribution in [3.05, 3.63) is 12.7 Å². The number of allylic oxidation sites excluding steroid dienone is 1. The van der Waals surface area contributed by atoms with E-state index in [-0.39, 0.29) is 6.16 Å². The van der Waals surface area contributed by atoms with Gasteiger partial charge in [0.1, 0.15) is 0 Å². The summed E-state index contributed by atoms with van der Waals surface area (Å²) in [6.07, 6.45) is 5.45. The van der Waals surface area contributed by atoms with E-state index in [1.54, 1.807) is 6.08 Å². The first-order valence-electron chi connectivity index (χ1n) is 4.63. The van der Waals surface area contributed by atoms with E-state index in [1.807, 2.05) is 0 Å². The fraction of sp³-hybridized carbons (Fsp3) is 0.778. The third-order valence-corrected chi connectivity index (χ3v) is 2.26. The minimum Gasteiger partial charge on any atom is -0.324 e. The lowest BCUT2D eigenvalue weighted by Gasteiger charge is -1.99. The Morgan fingerprint density at radius 2 is 1.77 bits per heavy atom. The standard InChI is InChI=1S/C5H11O3P.C4H10/c1-2-3-4-5-9(6,7)8;1-3-4-2/h2H,1,3-5H2,(H2,6,7,8);3-4H2,1-2H3. The Balaban J connectivity index is 0. The summed E-state index contributed by atoms with van der Waals surface area (Å²) in [6, 6.07) is 0. The first-order valence-corrected chi connectivity index (χ1v) is 6.43. The molecule has 0 spiro atoms.